The average Bonchev–Trinajstić information content (AvgIpc) is 2.51. The summed E-state index contributed by atoms with van der Waals surface area (Å²) in [5.74, 6) is -2.83. The minimum Gasteiger partial charge on any atom is -0.550 e. The zero-order valence-corrected chi connectivity index (χ0v) is 16.0. The Hall–Kier alpha value is -1.18. The molecule has 0 aliphatic carbocycles. The van der Waals surface area contributed by atoms with Gasteiger partial charge in [-0.2, -0.15) is 0 Å². The second-order valence-electron chi connectivity index (χ2n) is 6.02. The lowest BCUT2D eigenvalue weighted by molar-refractivity contribution is -0.403. The number of carboxylic acid groups (broad SMARTS) is 1. The van der Waals surface area contributed by atoms with Crippen molar-refractivity contribution >= 4 is 11.9 Å². The van der Waals surface area contributed by atoms with Crippen LogP contribution in [0.15, 0.2) is 0 Å². The first kappa shape index (κ1) is 23.8. The SMILES string of the molecule is CCCCOC(C)(OCCCC)OC(C)OC(=O)CCCCC(=O)[O-]. The molecule has 0 saturated heterocycles. The van der Waals surface area contributed by atoms with E-state index in [1.807, 2.05) is 0 Å². The Labute approximate surface area is 151 Å². The van der Waals surface area contributed by atoms with Crippen molar-refractivity contribution in [3.8, 4) is 0 Å². The first-order chi connectivity index (χ1) is 11.8. The van der Waals surface area contributed by atoms with Crippen LogP contribution in [0.2, 0.25) is 0 Å². The Morgan fingerprint density at radius 3 is 1.96 bits per heavy atom. The fourth-order valence-electron chi connectivity index (χ4n) is 2.02. The van der Waals surface area contributed by atoms with Crippen LogP contribution in [0.25, 0.3) is 0 Å². The van der Waals surface area contributed by atoms with Crippen molar-refractivity contribution in [1.29, 1.82) is 0 Å². The van der Waals surface area contributed by atoms with E-state index in [1.54, 1.807) is 13.8 Å². The number of aliphatic carboxylic acids is 1. The first-order valence-corrected chi connectivity index (χ1v) is 9.18. The van der Waals surface area contributed by atoms with Crippen LogP contribution in [0.4, 0.5) is 0 Å². The maximum Gasteiger partial charge on any atom is 0.308 e. The molecule has 0 N–H and O–H groups in total. The molecule has 0 aliphatic rings. The topological polar surface area (TPSA) is 94.1 Å². The van der Waals surface area contributed by atoms with Gasteiger partial charge in [-0.05, 0) is 39.0 Å². The second kappa shape index (κ2) is 14.0. The monoisotopic (exact) mass is 361 g/mol. The molecule has 1 unspecified atom stereocenters. The van der Waals surface area contributed by atoms with Crippen molar-refractivity contribution in [2.75, 3.05) is 13.2 Å². The molecule has 0 aromatic rings. The normalized spacial score (nSPS) is 12.8. The molecule has 148 valence electrons. The van der Waals surface area contributed by atoms with E-state index >= 15 is 0 Å². The van der Waals surface area contributed by atoms with Crippen LogP contribution in [-0.2, 0) is 28.5 Å². The highest BCUT2D eigenvalue weighted by Gasteiger charge is 2.30. The maximum atomic E-state index is 11.8. The molecule has 7 heteroatoms. The van der Waals surface area contributed by atoms with Crippen molar-refractivity contribution in [2.45, 2.75) is 91.3 Å². The van der Waals surface area contributed by atoms with Crippen molar-refractivity contribution in [3.05, 3.63) is 0 Å². The Morgan fingerprint density at radius 2 is 1.48 bits per heavy atom. The quantitative estimate of drug-likeness (QED) is 0.237. The van der Waals surface area contributed by atoms with Crippen molar-refractivity contribution in [3.63, 3.8) is 0 Å². The number of carbonyl (C=O) groups is 2. The lowest BCUT2D eigenvalue weighted by Crippen LogP contribution is -2.40. The third-order valence-corrected chi connectivity index (χ3v) is 3.41. The van der Waals surface area contributed by atoms with E-state index < -0.39 is 24.2 Å². The smallest absolute Gasteiger partial charge is 0.308 e. The minimum absolute atomic E-state index is 0.0616. The second-order valence-corrected chi connectivity index (χ2v) is 6.02. The van der Waals surface area contributed by atoms with Gasteiger partial charge < -0.3 is 24.1 Å². The fraction of sp³-hybridized carbons (Fsp3) is 0.889. The number of carbonyl (C=O) groups excluding carboxylic acids is 2. The molecule has 7 nitrogen and oxygen atoms in total. The zero-order valence-electron chi connectivity index (χ0n) is 16.0. The molecule has 0 saturated carbocycles. The summed E-state index contributed by atoms with van der Waals surface area (Å²) in [5.41, 5.74) is 0. The van der Waals surface area contributed by atoms with E-state index in [-0.39, 0.29) is 12.8 Å². The van der Waals surface area contributed by atoms with Crippen LogP contribution in [-0.4, -0.2) is 37.4 Å². The summed E-state index contributed by atoms with van der Waals surface area (Å²) in [6.07, 6.45) is 3.77. The van der Waals surface area contributed by atoms with Gasteiger partial charge in [-0.25, -0.2) is 0 Å². The van der Waals surface area contributed by atoms with Gasteiger partial charge in [0.2, 0.25) is 6.29 Å². The molecule has 0 radical (unpaired) electrons. The van der Waals surface area contributed by atoms with Crippen molar-refractivity contribution < 1.29 is 33.6 Å². The number of hydrogen-bond acceptors (Lipinski definition) is 7. The molecule has 0 amide bonds. The summed E-state index contributed by atoms with van der Waals surface area (Å²) < 4.78 is 22.2. The minimum atomic E-state index is -1.26. The van der Waals surface area contributed by atoms with E-state index in [0.29, 0.717) is 26.1 Å². The number of rotatable bonds is 16. The fourth-order valence-corrected chi connectivity index (χ4v) is 2.02. The van der Waals surface area contributed by atoms with E-state index in [1.165, 1.54) is 0 Å². The summed E-state index contributed by atoms with van der Waals surface area (Å²) in [6, 6.07) is 0. The first-order valence-electron chi connectivity index (χ1n) is 9.18. The largest absolute Gasteiger partial charge is 0.550 e. The molecule has 0 rings (SSSR count). The van der Waals surface area contributed by atoms with E-state index in [0.717, 1.165) is 25.7 Å². The highest BCUT2D eigenvalue weighted by molar-refractivity contribution is 5.69. The molecule has 0 aromatic heterocycles. The van der Waals surface area contributed by atoms with Crippen LogP contribution >= 0.6 is 0 Å². The van der Waals surface area contributed by atoms with E-state index in [2.05, 4.69) is 13.8 Å². The molecule has 0 aliphatic heterocycles. The van der Waals surface area contributed by atoms with E-state index in [9.17, 15) is 14.7 Å². The van der Waals surface area contributed by atoms with Gasteiger partial charge in [0.15, 0.2) is 0 Å². The number of carboxylic acids is 1. The molecule has 0 spiro atoms. The van der Waals surface area contributed by atoms with Crippen LogP contribution in [0.3, 0.4) is 0 Å². The standard InChI is InChI=1S/C18H34O7/c1-5-7-13-22-18(4,23-14-8-6-2)25-15(3)24-17(21)12-10-9-11-16(19)20/h15H,5-14H2,1-4H3,(H,19,20)/p-1. The summed E-state index contributed by atoms with van der Waals surface area (Å²) in [6.45, 7) is 8.37. The van der Waals surface area contributed by atoms with E-state index in [4.69, 9.17) is 18.9 Å². The Morgan fingerprint density at radius 1 is 0.960 bits per heavy atom. The van der Waals surface area contributed by atoms with Crippen molar-refractivity contribution in [1.82, 2.24) is 0 Å². The number of hydrogen-bond donors (Lipinski definition) is 0. The molecule has 0 bridgehead atoms. The highest BCUT2D eigenvalue weighted by Crippen LogP contribution is 2.19. The molecule has 25 heavy (non-hydrogen) atoms. The molecular formula is C18H33O7-. The molecular weight excluding hydrogens is 328 g/mol. The number of ether oxygens (including phenoxy) is 4. The Balaban J connectivity index is 4.30. The Kier molecular flexibility index (Phi) is 13.4. The highest BCUT2D eigenvalue weighted by atomic mass is 16.9. The molecule has 1 atom stereocenters. The van der Waals surface area contributed by atoms with Gasteiger partial charge in [0, 0.05) is 19.3 Å². The summed E-state index contributed by atoms with van der Waals surface area (Å²) >= 11 is 0. The van der Waals surface area contributed by atoms with Crippen LogP contribution in [0.5, 0.6) is 0 Å². The summed E-state index contributed by atoms with van der Waals surface area (Å²) in [7, 11) is 0. The predicted molar refractivity (Wildman–Crippen MR) is 90.2 cm³/mol. The molecule has 0 heterocycles. The number of unbranched alkanes of at least 4 members (excludes halogenated alkanes) is 3. The third kappa shape index (κ3) is 13.8. The van der Waals surface area contributed by atoms with Gasteiger partial charge in [0.1, 0.15) is 0 Å². The van der Waals surface area contributed by atoms with Crippen molar-refractivity contribution in [2.24, 2.45) is 0 Å². The van der Waals surface area contributed by atoms with Gasteiger partial charge in [0.25, 0.3) is 5.97 Å². The van der Waals surface area contributed by atoms with Gasteiger partial charge in [-0.3, -0.25) is 9.53 Å². The van der Waals surface area contributed by atoms with Crippen LogP contribution in [0, 0.1) is 0 Å². The van der Waals surface area contributed by atoms with Crippen LogP contribution in [0.1, 0.15) is 79.1 Å². The van der Waals surface area contributed by atoms with Gasteiger partial charge >= 0.3 is 5.97 Å². The lowest BCUT2D eigenvalue weighted by atomic mass is 10.2. The zero-order chi connectivity index (χ0) is 19.1. The third-order valence-electron chi connectivity index (χ3n) is 3.41. The van der Waals surface area contributed by atoms with Crippen LogP contribution < -0.4 is 5.11 Å². The predicted octanol–water partition coefficient (Wildman–Crippen LogP) is 2.51. The molecule has 0 aromatic carbocycles. The maximum absolute atomic E-state index is 11.8. The summed E-state index contributed by atoms with van der Waals surface area (Å²) in [4.78, 5) is 22.1. The molecule has 0 fully saturated rings. The van der Waals surface area contributed by atoms with Gasteiger partial charge in [-0.1, -0.05) is 26.7 Å². The Bertz CT molecular complexity index is 360. The number of esters is 1. The van der Waals surface area contributed by atoms with Gasteiger partial charge in [-0.15, -0.1) is 0 Å². The van der Waals surface area contributed by atoms with Gasteiger partial charge in [0.05, 0.1) is 13.2 Å². The average molecular weight is 361 g/mol. The lowest BCUT2D eigenvalue weighted by Gasteiger charge is -2.32. The summed E-state index contributed by atoms with van der Waals surface area (Å²) in [5, 5.41) is 10.3.